The van der Waals surface area contributed by atoms with Gasteiger partial charge in [-0.15, -0.1) is 0 Å². The maximum Gasteiger partial charge on any atom is 0.130 e. The Kier molecular flexibility index (Phi) is 3.85. The Labute approximate surface area is 87.5 Å². The second-order valence-corrected chi connectivity index (χ2v) is 3.47. The first-order valence-corrected chi connectivity index (χ1v) is 4.58. The van der Waals surface area contributed by atoms with E-state index in [0.29, 0.717) is 4.47 Å². The summed E-state index contributed by atoms with van der Waals surface area (Å²) < 4.78 is 26.6. The Balaban J connectivity index is 2.90. The van der Waals surface area contributed by atoms with E-state index in [1.807, 2.05) is 0 Å². The summed E-state index contributed by atoms with van der Waals surface area (Å²) in [6.45, 7) is 0.0476. The highest BCUT2D eigenvalue weighted by molar-refractivity contribution is 9.10. The molecule has 0 heterocycles. The second-order valence-electron chi connectivity index (χ2n) is 2.55. The molecule has 1 aromatic rings. The van der Waals surface area contributed by atoms with Gasteiger partial charge in [-0.1, -0.05) is 21.0 Å². The summed E-state index contributed by atoms with van der Waals surface area (Å²) in [5.74, 6) is -1.27. The highest BCUT2D eigenvalue weighted by Crippen LogP contribution is 2.19. The average molecular weight is 262 g/mol. The number of rotatable bonds is 3. The van der Waals surface area contributed by atoms with E-state index >= 15 is 0 Å². The fraction of sp³-hybridized carbons (Fsp3) is 0.250. The monoisotopic (exact) mass is 261 g/mol. The molecule has 6 heteroatoms. The highest BCUT2D eigenvalue weighted by atomic mass is 79.9. The van der Waals surface area contributed by atoms with Crippen LogP contribution in [-0.4, -0.2) is 6.54 Å². The van der Waals surface area contributed by atoms with Gasteiger partial charge in [-0.3, -0.25) is 0 Å². The van der Waals surface area contributed by atoms with Crippen LogP contribution in [0.2, 0.25) is 0 Å². The van der Waals surface area contributed by atoms with Crippen molar-refractivity contribution in [3.05, 3.63) is 44.2 Å². The minimum absolute atomic E-state index is 0.0476. The minimum atomic E-state index is -0.634. The van der Waals surface area contributed by atoms with Gasteiger partial charge in [0.05, 0.1) is 0 Å². The van der Waals surface area contributed by atoms with Crippen molar-refractivity contribution in [1.29, 1.82) is 0 Å². The fourth-order valence-corrected chi connectivity index (χ4v) is 1.42. The van der Waals surface area contributed by atoms with Gasteiger partial charge in [-0.2, -0.15) is 0 Å². The molecule has 0 saturated heterocycles. The zero-order valence-electron chi connectivity index (χ0n) is 7.04. The summed E-state index contributed by atoms with van der Waals surface area (Å²) in [7, 11) is 0. The van der Waals surface area contributed by atoms with Gasteiger partial charge in [-0.05, 0) is 24.1 Å². The van der Waals surface area contributed by atoms with E-state index in [4.69, 9.17) is 5.53 Å². The van der Waals surface area contributed by atoms with Crippen molar-refractivity contribution in [1.82, 2.24) is 0 Å². The summed E-state index contributed by atoms with van der Waals surface area (Å²) in [5, 5.41) is 3.21. The second kappa shape index (κ2) is 4.93. The normalized spacial score (nSPS) is 9.64. The molecular formula is C8H6BrF2N3. The van der Waals surface area contributed by atoms with Crippen LogP contribution in [-0.2, 0) is 6.42 Å². The van der Waals surface area contributed by atoms with Gasteiger partial charge in [0.1, 0.15) is 11.6 Å². The van der Waals surface area contributed by atoms with Crippen LogP contribution < -0.4 is 0 Å². The van der Waals surface area contributed by atoms with Crippen LogP contribution in [0.4, 0.5) is 8.78 Å². The zero-order chi connectivity index (χ0) is 10.6. The molecule has 0 saturated carbocycles. The molecule has 0 atom stereocenters. The lowest BCUT2D eigenvalue weighted by Gasteiger charge is -2.03. The molecule has 0 aliphatic carbocycles. The lowest BCUT2D eigenvalue weighted by atomic mass is 10.1. The Hall–Kier alpha value is -1.13. The van der Waals surface area contributed by atoms with E-state index in [0.717, 1.165) is 0 Å². The van der Waals surface area contributed by atoms with Crippen molar-refractivity contribution in [2.24, 2.45) is 5.11 Å². The molecule has 0 radical (unpaired) electrons. The lowest BCUT2D eigenvalue weighted by Crippen LogP contribution is -1.98. The molecule has 0 spiro atoms. The Morgan fingerprint density at radius 2 is 1.93 bits per heavy atom. The molecule has 0 unspecified atom stereocenters. The molecule has 0 amide bonds. The van der Waals surface area contributed by atoms with Crippen molar-refractivity contribution in [2.45, 2.75) is 6.42 Å². The van der Waals surface area contributed by atoms with E-state index < -0.39 is 11.6 Å². The van der Waals surface area contributed by atoms with Gasteiger partial charge in [0, 0.05) is 21.5 Å². The van der Waals surface area contributed by atoms with E-state index in [-0.39, 0.29) is 18.5 Å². The first kappa shape index (κ1) is 10.9. The molecule has 0 bridgehead atoms. The summed E-state index contributed by atoms with van der Waals surface area (Å²) in [4.78, 5) is 2.50. The first-order chi connectivity index (χ1) is 6.65. The summed E-state index contributed by atoms with van der Waals surface area (Å²) in [6, 6.07) is 2.35. The number of hydrogen-bond acceptors (Lipinski definition) is 1. The maximum atomic E-state index is 13.1. The predicted octanol–water partition coefficient (Wildman–Crippen LogP) is 3.58. The molecule has 0 aliphatic heterocycles. The number of benzene rings is 1. The largest absolute Gasteiger partial charge is 0.207 e. The van der Waals surface area contributed by atoms with Crippen molar-refractivity contribution in [3.8, 4) is 0 Å². The van der Waals surface area contributed by atoms with Crippen molar-refractivity contribution < 1.29 is 8.78 Å². The van der Waals surface area contributed by atoms with Crippen LogP contribution in [0.1, 0.15) is 5.56 Å². The summed E-state index contributed by atoms with van der Waals surface area (Å²) >= 11 is 2.97. The van der Waals surface area contributed by atoms with Gasteiger partial charge >= 0.3 is 0 Å². The van der Waals surface area contributed by atoms with E-state index in [1.165, 1.54) is 12.1 Å². The third kappa shape index (κ3) is 2.68. The number of hydrogen-bond donors (Lipinski definition) is 0. The van der Waals surface area contributed by atoms with Crippen LogP contribution in [0.3, 0.4) is 0 Å². The molecule has 14 heavy (non-hydrogen) atoms. The third-order valence-corrected chi connectivity index (χ3v) is 2.09. The van der Waals surface area contributed by atoms with Crippen LogP contribution in [0.15, 0.2) is 21.7 Å². The first-order valence-electron chi connectivity index (χ1n) is 3.79. The molecule has 3 nitrogen and oxygen atoms in total. The van der Waals surface area contributed by atoms with Gasteiger partial charge < -0.3 is 0 Å². The smallest absolute Gasteiger partial charge is 0.130 e. The van der Waals surface area contributed by atoms with Crippen LogP contribution in [0.5, 0.6) is 0 Å². The number of nitrogens with zero attached hydrogens (tertiary/aromatic N) is 3. The average Bonchev–Trinajstić information content (AvgIpc) is 2.09. The highest BCUT2D eigenvalue weighted by Gasteiger charge is 2.09. The van der Waals surface area contributed by atoms with Crippen molar-refractivity contribution in [2.75, 3.05) is 6.54 Å². The fourth-order valence-electron chi connectivity index (χ4n) is 1.02. The minimum Gasteiger partial charge on any atom is -0.207 e. The maximum absolute atomic E-state index is 13.1. The standard InChI is InChI=1S/C8H6BrF2N3/c9-5-3-7(10)6(8(11)4-5)1-2-13-14-12/h3-4H,1-2H2. The molecule has 0 fully saturated rings. The summed E-state index contributed by atoms with van der Waals surface area (Å²) in [6.07, 6.45) is 0.0645. The molecule has 1 aromatic carbocycles. The molecular weight excluding hydrogens is 256 g/mol. The Bertz CT molecular complexity index is 365. The molecule has 74 valence electrons. The topological polar surface area (TPSA) is 48.8 Å². The number of azide groups is 1. The predicted molar refractivity (Wildman–Crippen MR) is 51.8 cm³/mol. The van der Waals surface area contributed by atoms with E-state index in [2.05, 4.69) is 26.0 Å². The zero-order valence-corrected chi connectivity index (χ0v) is 8.63. The lowest BCUT2D eigenvalue weighted by molar-refractivity contribution is 0.554. The summed E-state index contributed by atoms with van der Waals surface area (Å²) in [5.41, 5.74) is 7.94. The molecule has 0 aromatic heterocycles. The van der Waals surface area contributed by atoms with Gasteiger partial charge in [0.2, 0.25) is 0 Å². The van der Waals surface area contributed by atoms with Crippen LogP contribution in [0, 0.1) is 11.6 Å². The molecule has 0 aliphatic rings. The van der Waals surface area contributed by atoms with E-state index in [9.17, 15) is 8.78 Å². The Morgan fingerprint density at radius 1 is 1.36 bits per heavy atom. The SMILES string of the molecule is [N-]=[N+]=NCCc1c(F)cc(Br)cc1F. The number of halogens is 3. The van der Waals surface area contributed by atoms with Crippen molar-refractivity contribution in [3.63, 3.8) is 0 Å². The van der Waals surface area contributed by atoms with Gasteiger partial charge in [0.15, 0.2) is 0 Å². The van der Waals surface area contributed by atoms with Crippen molar-refractivity contribution >= 4 is 15.9 Å². The molecule has 0 N–H and O–H groups in total. The molecule has 1 rings (SSSR count). The van der Waals surface area contributed by atoms with Gasteiger partial charge in [0.25, 0.3) is 0 Å². The van der Waals surface area contributed by atoms with E-state index in [1.54, 1.807) is 0 Å². The Morgan fingerprint density at radius 3 is 2.43 bits per heavy atom. The van der Waals surface area contributed by atoms with Crippen LogP contribution in [0.25, 0.3) is 10.4 Å². The third-order valence-electron chi connectivity index (χ3n) is 1.63. The quantitative estimate of drug-likeness (QED) is 0.454. The van der Waals surface area contributed by atoms with Crippen LogP contribution >= 0.6 is 15.9 Å². The van der Waals surface area contributed by atoms with Gasteiger partial charge in [-0.25, -0.2) is 8.78 Å².